The maximum absolute atomic E-state index is 11.3. The van der Waals surface area contributed by atoms with Crippen molar-refractivity contribution in [1.29, 1.82) is 0 Å². The Bertz CT molecular complexity index is 490. The van der Waals surface area contributed by atoms with Crippen LogP contribution in [0.5, 0.6) is 0 Å². The summed E-state index contributed by atoms with van der Waals surface area (Å²) in [6.07, 6.45) is 4.14. The highest BCUT2D eigenvalue weighted by Crippen LogP contribution is 2.27. The van der Waals surface area contributed by atoms with Gasteiger partial charge in [0.1, 0.15) is 5.82 Å². The molecular weight excluding hydrogens is 296 g/mol. The van der Waals surface area contributed by atoms with Gasteiger partial charge in [0.25, 0.3) is 5.24 Å². The lowest BCUT2D eigenvalue weighted by molar-refractivity contribution is 0.250. The quantitative estimate of drug-likeness (QED) is 0.901. The number of amides is 1. The lowest BCUT2D eigenvalue weighted by atomic mass is 10.1. The Kier molecular flexibility index (Phi) is 5.20. The van der Waals surface area contributed by atoms with Crippen molar-refractivity contribution in [2.75, 3.05) is 37.6 Å². The molecule has 120 valence electrons. The van der Waals surface area contributed by atoms with Crippen LogP contribution in [-0.4, -0.2) is 59.1 Å². The van der Waals surface area contributed by atoms with Crippen molar-refractivity contribution in [3.05, 3.63) is 24.4 Å². The zero-order chi connectivity index (χ0) is 15.4. The number of thioether (sulfide) groups is 1. The monoisotopic (exact) mass is 320 g/mol. The molecule has 3 rings (SSSR count). The van der Waals surface area contributed by atoms with Crippen LogP contribution in [0.4, 0.5) is 10.6 Å². The number of anilines is 1. The predicted octanol–water partition coefficient (Wildman–Crippen LogP) is 2.20. The molecular formula is C16H24N4OS. The number of piperazine rings is 1. The van der Waals surface area contributed by atoms with Gasteiger partial charge in [-0.3, -0.25) is 9.69 Å². The number of nitrogens with one attached hydrogen (secondary N) is 1. The van der Waals surface area contributed by atoms with Gasteiger partial charge in [-0.25, -0.2) is 4.98 Å². The van der Waals surface area contributed by atoms with Gasteiger partial charge >= 0.3 is 0 Å². The molecule has 1 aromatic rings. The number of hydrogen-bond acceptors (Lipinski definition) is 5. The van der Waals surface area contributed by atoms with Crippen LogP contribution in [0, 0.1) is 0 Å². The molecule has 2 aliphatic heterocycles. The van der Waals surface area contributed by atoms with Crippen molar-refractivity contribution in [1.82, 2.24) is 15.2 Å². The van der Waals surface area contributed by atoms with Crippen LogP contribution < -0.4 is 10.2 Å². The Balaban J connectivity index is 1.37. The van der Waals surface area contributed by atoms with E-state index in [1.807, 2.05) is 18.3 Å². The molecule has 0 spiro atoms. The Labute approximate surface area is 136 Å². The molecule has 0 aromatic carbocycles. The zero-order valence-electron chi connectivity index (χ0n) is 13.1. The highest BCUT2D eigenvalue weighted by molar-refractivity contribution is 8.14. The summed E-state index contributed by atoms with van der Waals surface area (Å²) in [5.41, 5.74) is 0. The van der Waals surface area contributed by atoms with Gasteiger partial charge in [-0.1, -0.05) is 17.8 Å². The van der Waals surface area contributed by atoms with Crippen LogP contribution >= 0.6 is 11.8 Å². The normalized spacial score (nSPS) is 26.2. The van der Waals surface area contributed by atoms with Gasteiger partial charge < -0.3 is 10.2 Å². The third-order valence-corrected chi connectivity index (χ3v) is 5.75. The van der Waals surface area contributed by atoms with E-state index in [9.17, 15) is 4.79 Å². The first-order chi connectivity index (χ1) is 10.7. The summed E-state index contributed by atoms with van der Waals surface area (Å²) in [4.78, 5) is 20.6. The second-order valence-electron chi connectivity index (χ2n) is 6.04. The summed E-state index contributed by atoms with van der Waals surface area (Å²) in [6.45, 7) is 7.53. The van der Waals surface area contributed by atoms with Crippen LogP contribution in [0.25, 0.3) is 0 Å². The summed E-state index contributed by atoms with van der Waals surface area (Å²) >= 11 is 1.47. The second kappa shape index (κ2) is 7.33. The smallest absolute Gasteiger partial charge is 0.279 e. The lowest BCUT2D eigenvalue weighted by Crippen LogP contribution is -2.47. The van der Waals surface area contributed by atoms with Crippen LogP contribution in [-0.2, 0) is 0 Å². The summed E-state index contributed by atoms with van der Waals surface area (Å²) in [6, 6.07) is 6.41. The van der Waals surface area contributed by atoms with Crippen LogP contribution in [0.1, 0.15) is 19.8 Å². The molecule has 1 amide bonds. The van der Waals surface area contributed by atoms with E-state index in [1.165, 1.54) is 18.2 Å². The molecule has 3 heterocycles. The molecule has 1 aromatic heterocycles. The number of rotatable bonds is 5. The molecule has 0 bridgehead atoms. The molecule has 2 unspecified atom stereocenters. The molecule has 2 saturated heterocycles. The van der Waals surface area contributed by atoms with Gasteiger partial charge in [0.2, 0.25) is 0 Å². The van der Waals surface area contributed by atoms with Crippen molar-refractivity contribution >= 4 is 22.8 Å². The third kappa shape index (κ3) is 3.93. The SMILES string of the molecule is CC1NC(=O)SC1CCCN1CCN(c2ccccn2)CC1. The third-order valence-electron chi connectivity index (χ3n) is 4.47. The highest BCUT2D eigenvalue weighted by Gasteiger charge is 2.29. The molecule has 22 heavy (non-hydrogen) atoms. The average molecular weight is 320 g/mol. The summed E-state index contributed by atoms with van der Waals surface area (Å²) in [7, 11) is 0. The van der Waals surface area contributed by atoms with Crippen molar-refractivity contribution in [3.63, 3.8) is 0 Å². The van der Waals surface area contributed by atoms with E-state index in [0.29, 0.717) is 11.3 Å². The van der Waals surface area contributed by atoms with Gasteiger partial charge in [0.05, 0.1) is 0 Å². The van der Waals surface area contributed by atoms with Crippen LogP contribution in [0.2, 0.25) is 0 Å². The number of carbonyl (C=O) groups excluding carboxylic acids is 1. The van der Waals surface area contributed by atoms with Crippen LogP contribution in [0.3, 0.4) is 0 Å². The summed E-state index contributed by atoms with van der Waals surface area (Å²) in [5.74, 6) is 1.09. The molecule has 5 nitrogen and oxygen atoms in total. The molecule has 2 fully saturated rings. The van der Waals surface area contributed by atoms with Gasteiger partial charge in [0.15, 0.2) is 0 Å². The molecule has 2 atom stereocenters. The van der Waals surface area contributed by atoms with E-state index >= 15 is 0 Å². The largest absolute Gasteiger partial charge is 0.354 e. The standard InChI is InChI=1S/C16H24N4OS/c1-13-14(22-16(21)18-13)5-4-8-19-9-11-20(12-10-19)15-6-2-3-7-17-15/h2-3,6-7,13-14H,4-5,8-12H2,1H3,(H,18,21). The van der Waals surface area contributed by atoms with Crippen LogP contribution in [0.15, 0.2) is 24.4 Å². The number of pyridine rings is 1. The average Bonchev–Trinajstić information content (AvgIpc) is 2.87. The minimum absolute atomic E-state index is 0.140. The predicted molar refractivity (Wildman–Crippen MR) is 91.5 cm³/mol. The first kappa shape index (κ1) is 15.6. The number of nitrogens with zero attached hydrogens (tertiary/aromatic N) is 3. The van der Waals surface area contributed by atoms with E-state index in [1.54, 1.807) is 0 Å². The summed E-state index contributed by atoms with van der Waals surface area (Å²) in [5, 5.41) is 3.56. The molecule has 0 radical (unpaired) electrons. The molecule has 2 aliphatic rings. The minimum atomic E-state index is 0.140. The fraction of sp³-hybridized carbons (Fsp3) is 0.625. The zero-order valence-corrected chi connectivity index (χ0v) is 13.9. The van der Waals surface area contributed by atoms with Gasteiger partial charge in [-0.15, -0.1) is 0 Å². The highest BCUT2D eigenvalue weighted by atomic mass is 32.2. The Morgan fingerprint density at radius 2 is 2.14 bits per heavy atom. The van der Waals surface area contributed by atoms with Gasteiger partial charge in [-0.2, -0.15) is 0 Å². The van der Waals surface area contributed by atoms with E-state index in [2.05, 4.69) is 33.1 Å². The first-order valence-corrected chi connectivity index (χ1v) is 8.96. The minimum Gasteiger partial charge on any atom is -0.354 e. The maximum Gasteiger partial charge on any atom is 0.279 e. The van der Waals surface area contributed by atoms with E-state index in [0.717, 1.165) is 45.0 Å². The number of aromatic nitrogens is 1. The van der Waals surface area contributed by atoms with Crippen molar-refractivity contribution in [2.45, 2.75) is 31.1 Å². The fourth-order valence-corrected chi connectivity index (χ4v) is 4.20. The Hall–Kier alpha value is -1.27. The topological polar surface area (TPSA) is 48.5 Å². The second-order valence-corrected chi connectivity index (χ2v) is 7.25. The lowest BCUT2D eigenvalue weighted by Gasteiger charge is -2.35. The molecule has 1 N–H and O–H groups in total. The van der Waals surface area contributed by atoms with E-state index in [4.69, 9.17) is 0 Å². The van der Waals surface area contributed by atoms with E-state index in [-0.39, 0.29) is 5.24 Å². The maximum atomic E-state index is 11.3. The Morgan fingerprint density at radius 1 is 1.32 bits per heavy atom. The van der Waals surface area contributed by atoms with Crippen molar-refractivity contribution in [3.8, 4) is 0 Å². The van der Waals surface area contributed by atoms with Gasteiger partial charge in [-0.05, 0) is 38.4 Å². The van der Waals surface area contributed by atoms with Crippen molar-refractivity contribution in [2.24, 2.45) is 0 Å². The van der Waals surface area contributed by atoms with Crippen molar-refractivity contribution < 1.29 is 4.79 Å². The number of carbonyl (C=O) groups is 1. The Morgan fingerprint density at radius 3 is 2.77 bits per heavy atom. The van der Waals surface area contributed by atoms with E-state index < -0.39 is 0 Å². The first-order valence-electron chi connectivity index (χ1n) is 8.08. The number of hydrogen-bond donors (Lipinski definition) is 1. The molecule has 6 heteroatoms. The summed E-state index contributed by atoms with van der Waals surface area (Å²) < 4.78 is 0. The fourth-order valence-electron chi connectivity index (χ4n) is 3.12. The van der Waals surface area contributed by atoms with Gasteiger partial charge in [0, 0.05) is 43.7 Å². The molecule has 0 aliphatic carbocycles. The molecule has 0 saturated carbocycles.